The second kappa shape index (κ2) is 6.95. The Balaban J connectivity index is 2.05. The molecule has 0 fully saturated rings. The first-order valence-corrected chi connectivity index (χ1v) is 6.50. The molecule has 0 radical (unpaired) electrons. The van der Waals surface area contributed by atoms with E-state index < -0.39 is 17.6 Å². The number of hydrazone groups is 1. The number of carbonyl (C=O) groups is 1. The lowest BCUT2D eigenvalue weighted by atomic mass is 10.1. The van der Waals surface area contributed by atoms with E-state index in [-0.39, 0.29) is 17.4 Å². The molecule has 0 aliphatic heterocycles. The predicted molar refractivity (Wildman–Crippen MR) is 74.2 cm³/mol. The van der Waals surface area contributed by atoms with Crippen LogP contribution in [0, 0.1) is 0 Å². The highest BCUT2D eigenvalue weighted by Crippen LogP contribution is 2.31. The zero-order valence-electron chi connectivity index (χ0n) is 11.9. The van der Waals surface area contributed by atoms with Gasteiger partial charge in [0, 0.05) is 5.56 Å². The van der Waals surface area contributed by atoms with Crippen LogP contribution in [0.15, 0.2) is 40.0 Å². The summed E-state index contributed by atoms with van der Waals surface area (Å²) in [5, 5.41) is 3.48. The van der Waals surface area contributed by atoms with E-state index in [9.17, 15) is 18.0 Å². The van der Waals surface area contributed by atoms with Crippen LogP contribution in [0.25, 0.3) is 0 Å². The van der Waals surface area contributed by atoms with E-state index >= 15 is 0 Å². The van der Waals surface area contributed by atoms with Crippen molar-refractivity contribution in [2.24, 2.45) is 5.10 Å². The lowest BCUT2D eigenvalue weighted by Gasteiger charge is -2.08. The van der Waals surface area contributed by atoms with Crippen LogP contribution in [0.5, 0.6) is 5.95 Å². The van der Waals surface area contributed by atoms with E-state index in [1.807, 2.05) is 5.43 Å². The second-order valence-electron chi connectivity index (χ2n) is 4.20. The molecule has 1 N–H and O–H groups in total. The molecule has 1 aromatic heterocycles. The molecule has 1 amide bonds. The van der Waals surface area contributed by atoms with Crippen LogP contribution in [-0.2, 0) is 6.18 Å². The summed E-state index contributed by atoms with van der Waals surface area (Å²) in [5.74, 6) is -1.06. The topological polar surface area (TPSA) is 76.7 Å². The number of benzene rings is 1. The predicted octanol–water partition coefficient (Wildman–Crippen LogP) is 2.86. The Kier molecular flexibility index (Phi) is 4.99. The van der Waals surface area contributed by atoms with Gasteiger partial charge in [0.1, 0.15) is 6.20 Å². The summed E-state index contributed by atoms with van der Waals surface area (Å²) >= 11 is 0. The third-order valence-electron chi connectivity index (χ3n) is 2.60. The SMILES string of the molecule is CCOc1cnc(C(=O)NN=Cc2ccccc2C(F)(F)F)o1. The van der Waals surface area contributed by atoms with E-state index in [0.717, 1.165) is 12.3 Å². The lowest BCUT2D eigenvalue weighted by Crippen LogP contribution is -2.18. The Bertz CT molecular complexity index is 711. The van der Waals surface area contributed by atoms with Crippen LogP contribution < -0.4 is 10.2 Å². The zero-order valence-corrected chi connectivity index (χ0v) is 11.9. The highest BCUT2D eigenvalue weighted by atomic mass is 19.4. The Morgan fingerprint density at radius 3 is 2.87 bits per heavy atom. The summed E-state index contributed by atoms with van der Waals surface area (Å²) in [7, 11) is 0. The van der Waals surface area contributed by atoms with Gasteiger partial charge in [0.05, 0.1) is 18.4 Å². The van der Waals surface area contributed by atoms with Crippen molar-refractivity contribution in [3.05, 3.63) is 47.5 Å². The maximum atomic E-state index is 12.8. The molecule has 0 aliphatic rings. The van der Waals surface area contributed by atoms with Crippen molar-refractivity contribution in [2.75, 3.05) is 6.61 Å². The van der Waals surface area contributed by atoms with E-state index in [4.69, 9.17) is 9.15 Å². The molecule has 1 aromatic carbocycles. The fraction of sp³-hybridized carbons (Fsp3) is 0.214. The van der Waals surface area contributed by atoms with Gasteiger partial charge < -0.3 is 9.15 Å². The average molecular weight is 327 g/mol. The summed E-state index contributed by atoms with van der Waals surface area (Å²) < 4.78 is 48.3. The van der Waals surface area contributed by atoms with Crippen molar-refractivity contribution in [1.29, 1.82) is 0 Å². The molecule has 6 nitrogen and oxygen atoms in total. The number of carbonyl (C=O) groups excluding carboxylic acids is 1. The van der Waals surface area contributed by atoms with Gasteiger partial charge in [0.25, 0.3) is 5.89 Å². The summed E-state index contributed by atoms with van der Waals surface area (Å²) in [6.07, 6.45) is -2.41. The van der Waals surface area contributed by atoms with Gasteiger partial charge in [-0.15, -0.1) is 0 Å². The van der Waals surface area contributed by atoms with Gasteiger partial charge in [0.2, 0.25) is 0 Å². The molecular formula is C14H12F3N3O3. The molecule has 0 saturated heterocycles. The number of hydrogen-bond donors (Lipinski definition) is 1. The average Bonchev–Trinajstić information content (AvgIpc) is 2.96. The first-order valence-electron chi connectivity index (χ1n) is 6.50. The smallest absolute Gasteiger partial charge is 0.417 e. The molecule has 0 atom stereocenters. The van der Waals surface area contributed by atoms with Crippen LogP contribution in [0.4, 0.5) is 13.2 Å². The minimum Gasteiger partial charge on any atom is -0.464 e. The Hall–Kier alpha value is -2.84. The molecule has 2 rings (SSSR count). The number of alkyl halides is 3. The molecular weight excluding hydrogens is 315 g/mol. The van der Waals surface area contributed by atoms with E-state index in [0.29, 0.717) is 6.61 Å². The van der Waals surface area contributed by atoms with Crippen molar-refractivity contribution in [2.45, 2.75) is 13.1 Å². The van der Waals surface area contributed by atoms with Gasteiger partial charge in [0.15, 0.2) is 0 Å². The monoisotopic (exact) mass is 327 g/mol. The summed E-state index contributed by atoms with van der Waals surface area (Å²) in [6, 6.07) is 4.85. The van der Waals surface area contributed by atoms with Crippen LogP contribution in [0.3, 0.4) is 0 Å². The molecule has 23 heavy (non-hydrogen) atoms. The maximum absolute atomic E-state index is 12.8. The normalized spacial score (nSPS) is 11.7. The molecule has 0 saturated carbocycles. The first kappa shape index (κ1) is 16.5. The minimum absolute atomic E-state index is 0.0593. The van der Waals surface area contributed by atoms with Gasteiger partial charge in [-0.05, 0) is 13.0 Å². The summed E-state index contributed by atoms with van der Waals surface area (Å²) in [5.41, 5.74) is 1.00. The van der Waals surface area contributed by atoms with Gasteiger partial charge in [-0.2, -0.15) is 18.3 Å². The van der Waals surface area contributed by atoms with Crippen LogP contribution in [-0.4, -0.2) is 23.7 Å². The lowest BCUT2D eigenvalue weighted by molar-refractivity contribution is -0.137. The van der Waals surface area contributed by atoms with Crippen molar-refractivity contribution in [3.8, 4) is 5.95 Å². The standard InChI is InChI=1S/C14H12F3N3O3/c1-2-22-11-8-18-13(23-11)12(21)20-19-7-9-5-3-4-6-10(9)14(15,16)17/h3-8H,2H2,1H3,(H,20,21). The Morgan fingerprint density at radius 1 is 1.43 bits per heavy atom. The van der Waals surface area contributed by atoms with E-state index in [1.165, 1.54) is 24.4 Å². The molecule has 0 spiro atoms. The number of ether oxygens (including phenoxy) is 1. The first-order chi connectivity index (χ1) is 10.9. The number of halogens is 3. The van der Waals surface area contributed by atoms with Crippen molar-refractivity contribution >= 4 is 12.1 Å². The van der Waals surface area contributed by atoms with Gasteiger partial charge in [-0.25, -0.2) is 10.4 Å². The van der Waals surface area contributed by atoms with Crippen LogP contribution >= 0.6 is 0 Å². The number of aromatic nitrogens is 1. The number of amides is 1. The fourth-order valence-corrected chi connectivity index (χ4v) is 1.65. The molecule has 122 valence electrons. The van der Waals surface area contributed by atoms with Crippen LogP contribution in [0.2, 0.25) is 0 Å². The summed E-state index contributed by atoms with van der Waals surface area (Å²) in [6.45, 7) is 2.06. The van der Waals surface area contributed by atoms with Crippen molar-refractivity contribution in [3.63, 3.8) is 0 Å². The minimum atomic E-state index is -4.51. The zero-order chi connectivity index (χ0) is 16.9. The Labute approximate surface area is 129 Å². The van der Waals surface area contributed by atoms with E-state index in [1.54, 1.807) is 6.92 Å². The number of rotatable bonds is 5. The fourth-order valence-electron chi connectivity index (χ4n) is 1.65. The third kappa shape index (κ3) is 4.31. The summed E-state index contributed by atoms with van der Waals surface area (Å²) in [4.78, 5) is 15.3. The third-order valence-corrected chi connectivity index (χ3v) is 2.60. The van der Waals surface area contributed by atoms with Crippen LogP contribution in [0.1, 0.15) is 28.7 Å². The highest BCUT2D eigenvalue weighted by molar-refractivity contribution is 5.91. The molecule has 0 bridgehead atoms. The molecule has 0 unspecified atom stereocenters. The number of nitrogens with zero attached hydrogens (tertiary/aromatic N) is 2. The Morgan fingerprint density at radius 2 is 2.17 bits per heavy atom. The number of hydrogen-bond acceptors (Lipinski definition) is 5. The molecule has 2 aromatic rings. The number of nitrogens with one attached hydrogen (secondary N) is 1. The molecule has 9 heteroatoms. The molecule has 0 aliphatic carbocycles. The quantitative estimate of drug-likeness (QED) is 0.677. The highest BCUT2D eigenvalue weighted by Gasteiger charge is 2.32. The van der Waals surface area contributed by atoms with Gasteiger partial charge in [-0.1, -0.05) is 18.2 Å². The second-order valence-corrected chi connectivity index (χ2v) is 4.20. The van der Waals surface area contributed by atoms with E-state index in [2.05, 4.69) is 10.1 Å². The maximum Gasteiger partial charge on any atom is 0.417 e. The van der Waals surface area contributed by atoms with Crippen molar-refractivity contribution in [1.82, 2.24) is 10.4 Å². The largest absolute Gasteiger partial charge is 0.464 e. The van der Waals surface area contributed by atoms with Crippen molar-refractivity contribution < 1.29 is 27.1 Å². The molecule has 1 heterocycles. The van der Waals surface area contributed by atoms with Gasteiger partial charge in [-0.3, -0.25) is 4.79 Å². The number of oxazole rings is 1. The van der Waals surface area contributed by atoms with Gasteiger partial charge >= 0.3 is 18.0 Å².